The molecule has 3 heterocycles. The number of carbonyl (C=O) groups is 1. The first-order valence-electron chi connectivity index (χ1n) is 12.8. The number of aromatic nitrogens is 3. The Morgan fingerprint density at radius 2 is 1.66 bits per heavy atom. The summed E-state index contributed by atoms with van der Waals surface area (Å²) in [6.45, 7) is 4.95. The van der Waals surface area contributed by atoms with Gasteiger partial charge in [-0.1, -0.05) is 48.5 Å². The normalized spacial score (nSPS) is 14.4. The standard InChI is InChI=1S/C31H29N5O2/c1-3-38-26-18-16-24(17-19-26)32-31(37)35-21-27-22(2)33-36(25-13-8-5-9-14-25)30(27)34-20-10-15-28(34)29(35)23-11-6-4-7-12-23/h4-20,29H,3,21H2,1-2H3,(H,32,37)/t29-/m1/s1. The second-order valence-corrected chi connectivity index (χ2v) is 9.27. The van der Waals surface area contributed by atoms with Crippen LogP contribution in [0, 0.1) is 6.92 Å². The third kappa shape index (κ3) is 4.22. The lowest BCUT2D eigenvalue weighted by Crippen LogP contribution is -2.38. The van der Waals surface area contributed by atoms with E-state index in [1.807, 2.05) is 102 Å². The fourth-order valence-corrected chi connectivity index (χ4v) is 5.13. The molecule has 1 aliphatic rings. The van der Waals surface area contributed by atoms with Crippen LogP contribution < -0.4 is 10.1 Å². The molecule has 38 heavy (non-hydrogen) atoms. The van der Waals surface area contributed by atoms with E-state index in [0.717, 1.165) is 39.8 Å². The number of hydrogen-bond acceptors (Lipinski definition) is 3. The van der Waals surface area contributed by atoms with Crippen molar-refractivity contribution in [1.29, 1.82) is 0 Å². The van der Waals surface area contributed by atoms with Crippen molar-refractivity contribution < 1.29 is 9.53 Å². The SMILES string of the molecule is CCOc1ccc(NC(=O)N2Cc3c(C)nn(-c4ccccc4)c3-n3cccc3[C@H]2c2ccccc2)cc1. The van der Waals surface area contributed by atoms with Gasteiger partial charge < -0.3 is 19.5 Å². The summed E-state index contributed by atoms with van der Waals surface area (Å²) in [7, 11) is 0. The summed E-state index contributed by atoms with van der Waals surface area (Å²) in [6, 6.07) is 31.4. The summed E-state index contributed by atoms with van der Waals surface area (Å²) >= 11 is 0. The summed E-state index contributed by atoms with van der Waals surface area (Å²) in [5, 5.41) is 8.02. The van der Waals surface area contributed by atoms with Gasteiger partial charge in [-0.3, -0.25) is 0 Å². The summed E-state index contributed by atoms with van der Waals surface area (Å²) in [4.78, 5) is 15.9. The Morgan fingerprint density at radius 1 is 0.947 bits per heavy atom. The van der Waals surface area contributed by atoms with E-state index in [1.165, 1.54) is 0 Å². The molecular weight excluding hydrogens is 474 g/mol. The van der Waals surface area contributed by atoms with E-state index in [2.05, 4.69) is 34.3 Å². The fraction of sp³-hybridized carbons (Fsp3) is 0.161. The molecule has 2 amide bonds. The third-order valence-corrected chi connectivity index (χ3v) is 6.88. The fourth-order valence-electron chi connectivity index (χ4n) is 5.13. The van der Waals surface area contributed by atoms with Gasteiger partial charge in [-0.25, -0.2) is 9.48 Å². The second-order valence-electron chi connectivity index (χ2n) is 9.27. The van der Waals surface area contributed by atoms with Crippen molar-refractivity contribution in [1.82, 2.24) is 19.2 Å². The Kier molecular flexibility index (Phi) is 6.17. The Morgan fingerprint density at radius 3 is 2.37 bits per heavy atom. The quantitative estimate of drug-likeness (QED) is 0.297. The largest absolute Gasteiger partial charge is 0.494 e. The van der Waals surface area contributed by atoms with Gasteiger partial charge in [-0.05, 0) is 67.9 Å². The van der Waals surface area contributed by atoms with Gasteiger partial charge in [0.05, 0.1) is 36.3 Å². The van der Waals surface area contributed by atoms with Gasteiger partial charge in [0, 0.05) is 17.4 Å². The van der Waals surface area contributed by atoms with Crippen molar-refractivity contribution in [2.45, 2.75) is 26.4 Å². The van der Waals surface area contributed by atoms with Gasteiger partial charge in [0.1, 0.15) is 11.6 Å². The summed E-state index contributed by atoms with van der Waals surface area (Å²) in [5.41, 5.74) is 5.61. The average Bonchev–Trinajstić information content (AvgIpc) is 3.51. The monoisotopic (exact) mass is 503 g/mol. The minimum atomic E-state index is -0.301. The highest BCUT2D eigenvalue weighted by Crippen LogP contribution is 2.38. The molecule has 1 aliphatic heterocycles. The minimum absolute atomic E-state index is 0.185. The van der Waals surface area contributed by atoms with Gasteiger partial charge in [-0.2, -0.15) is 5.10 Å². The topological polar surface area (TPSA) is 64.3 Å². The van der Waals surface area contributed by atoms with Crippen LogP contribution in [0.25, 0.3) is 11.5 Å². The number of benzene rings is 3. The highest BCUT2D eigenvalue weighted by atomic mass is 16.5. The molecule has 0 spiro atoms. The number of carbonyl (C=O) groups excluding carboxylic acids is 1. The Balaban J connectivity index is 1.47. The summed E-state index contributed by atoms with van der Waals surface area (Å²) in [6.07, 6.45) is 2.05. The number of hydrogen-bond donors (Lipinski definition) is 1. The molecule has 1 atom stereocenters. The maximum atomic E-state index is 14.0. The minimum Gasteiger partial charge on any atom is -0.494 e. The lowest BCUT2D eigenvalue weighted by atomic mass is 10.0. The van der Waals surface area contributed by atoms with Crippen LogP contribution in [-0.2, 0) is 6.54 Å². The number of nitrogens with zero attached hydrogens (tertiary/aromatic N) is 4. The highest BCUT2D eigenvalue weighted by Gasteiger charge is 2.36. The molecule has 0 fully saturated rings. The first-order chi connectivity index (χ1) is 18.6. The van der Waals surface area contributed by atoms with E-state index in [-0.39, 0.29) is 12.1 Å². The van der Waals surface area contributed by atoms with Crippen molar-refractivity contribution in [2.24, 2.45) is 0 Å². The first-order valence-corrected chi connectivity index (χ1v) is 12.8. The number of para-hydroxylation sites is 1. The van der Waals surface area contributed by atoms with Gasteiger partial charge in [-0.15, -0.1) is 0 Å². The van der Waals surface area contributed by atoms with E-state index < -0.39 is 0 Å². The molecule has 190 valence electrons. The zero-order valence-corrected chi connectivity index (χ0v) is 21.4. The molecule has 3 aromatic carbocycles. The van der Waals surface area contributed by atoms with Crippen molar-refractivity contribution in [3.05, 3.63) is 126 Å². The Labute approximate surface area is 221 Å². The molecule has 0 saturated heterocycles. The van der Waals surface area contributed by atoms with Crippen LogP contribution in [-0.4, -0.2) is 31.9 Å². The van der Waals surface area contributed by atoms with Gasteiger partial charge in [0.2, 0.25) is 0 Å². The van der Waals surface area contributed by atoms with Gasteiger partial charge in [0.25, 0.3) is 0 Å². The summed E-state index contributed by atoms with van der Waals surface area (Å²) in [5.74, 6) is 1.72. The predicted octanol–water partition coefficient (Wildman–Crippen LogP) is 6.51. The molecule has 0 saturated carbocycles. The van der Waals surface area contributed by atoms with Crippen LogP contribution in [0.5, 0.6) is 5.75 Å². The van der Waals surface area contributed by atoms with Gasteiger partial charge >= 0.3 is 6.03 Å². The molecular formula is C31H29N5O2. The molecule has 0 unspecified atom stereocenters. The Bertz CT molecular complexity index is 1560. The van der Waals surface area contributed by atoms with Gasteiger partial charge in [0.15, 0.2) is 0 Å². The molecule has 1 N–H and O–H groups in total. The van der Waals surface area contributed by atoms with E-state index in [1.54, 1.807) is 0 Å². The van der Waals surface area contributed by atoms with E-state index >= 15 is 0 Å². The molecule has 0 bridgehead atoms. The first kappa shape index (κ1) is 23.6. The number of urea groups is 1. The van der Waals surface area contributed by atoms with E-state index in [0.29, 0.717) is 18.8 Å². The number of rotatable bonds is 5. The van der Waals surface area contributed by atoms with Crippen molar-refractivity contribution >= 4 is 11.7 Å². The van der Waals surface area contributed by atoms with Crippen LogP contribution in [0.2, 0.25) is 0 Å². The number of amides is 2. The van der Waals surface area contributed by atoms with Crippen molar-refractivity contribution in [2.75, 3.05) is 11.9 Å². The highest BCUT2D eigenvalue weighted by molar-refractivity contribution is 5.90. The maximum Gasteiger partial charge on any atom is 0.322 e. The number of aryl methyl sites for hydroxylation is 1. The van der Waals surface area contributed by atoms with Crippen LogP contribution in [0.3, 0.4) is 0 Å². The second kappa shape index (κ2) is 9.94. The predicted molar refractivity (Wildman–Crippen MR) is 148 cm³/mol. The molecule has 7 nitrogen and oxygen atoms in total. The van der Waals surface area contributed by atoms with Crippen LogP contribution in [0.1, 0.15) is 35.5 Å². The van der Waals surface area contributed by atoms with Crippen molar-refractivity contribution in [3.8, 4) is 17.3 Å². The molecule has 5 aromatic rings. The number of ether oxygens (including phenoxy) is 1. The Hall–Kier alpha value is -4.78. The molecule has 0 radical (unpaired) electrons. The lowest BCUT2D eigenvalue weighted by molar-refractivity contribution is 0.194. The van der Waals surface area contributed by atoms with Crippen LogP contribution >= 0.6 is 0 Å². The average molecular weight is 504 g/mol. The molecule has 7 heteroatoms. The maximum absolute atomic E-state index is 14.0. The van der Waals surface area contributed by atoms with E-state index in [4.69, 9.17) is 9.84 Å². The zero-order valence-electron chi connectivity index (χ0n) is 21.4. The van der Waals surface area contributed by atoms with Crippen molar-refractivity contribution in [3.63, 3.8) is 0 Å². The summed E-state index contributed by atoms with van der Waals surface area (Å²) < 4.78 is 9.71. The molecule has 0 aliphatic carbocycles. The number of nitrogens with one attached hydrogen (secondary N) is 1. The van der Waals surface area contributed by atoms with E-state index in [9.17, 15) is 4.79 Å². The number of fused-ring (bicyclic) bond motifs is 3. The molecule has 6 rings (SSSR count). The van der Waals surface area contributed by atoms with Crippen LogP contribution in [0.15, 0.2) is 103 Å². The third-order valence-electron chi connectivity index (χ3n) is 6.88. The zero-order chi connectivity index (χ0) is 26.1. The lowest BCUT2D eigenvalue weighted by Gasteiger charge is -2.31. The smallest absolute Gasteiger partial charge is 0.322 e. The van der Waals surface area contributed by atoms with Crippen LogP contribution in [0.4, 0.5) is 10.5 Å². The molecule has 2 aromatic heterocycles. The number of anilines is 1.